The van der Waals surface area contributed by atoms with Gasteiger partial charge in [-0.3, -0.25) is 0 Å². The Kier molecular flexibility index (Phi) is 7.14. The van der Waals surface area contributed by atoms with Gasteiger partial charge in [0, 0.05) is 16.7 Å². The first-order valence-electron chi connectivity index (χ1n) is 11.7. The van der Waals surface area contributed by atoms with Gasteiger partial charge in [0.15, 0.2) is 11.5 Å². The van der Waals surface area contributed by atoms with Crippen LogP contribution >= 0.6 is 15.9 Å². The van der Waals surface area contributed by atoms with Gasteiger partial charge in [0.05, 0.1) is 22.5 Å². The number of H-pyrrole nitrogens is 1. The summed E-state index contributed by atoms with van der Waals surface area (Å²) in [6.45, 7) is 2.60. The molecule has 4 nitrogen and oxygen atoms in total. The molecule has 0 bridgehead atoms. The quantitative estimate of drug-likeness (QED) is 0.214. The van der Waals surface area contributed by atoms with E-state index in [2.05, 4.69) is 45.2 Å². The highest BCUT2D eigenvalue weighted by Crippen LogP contribution is 2.41. The third kappa shape index (κ3) is 5.19. The fourth-order valence-electron chi connectivity index (χ4n) is 4.02. The molecule has 1 aromatic heterocycles. The van der Waals surface area contributed by atoms with E-state index in [-0.39, 0.29) is 12.4 Å². The minimum atomic E-state index is -0.295. The molecule has 0 saturated carbocycles. The Hall–Kier alpha value is -3.90. The zero-order valence-electron chi connectivity index (χ0n) is 19.7. The molecule has 0 atom stereocenters. The van der Waals surface area contributed by atoms with E-state index in [1.54, 1.807) is 6.07 Å². The third-order valence-electron chi connectivity index (χ3n) is 5.67. The number of rotatable bonds is 8. The highest BCUT2D eigenvalue weighted by molar-refractivity contribution is 9.10. The Labute approximate surface area is 217 Å². The molecule has 0 unspecified atom stereocenters. The van der Waals surface area contributed by atoms with Crippen molar-refractivity contribution in [1.82, 2.24) is 9.97 Å². The molecule has 1 N–H and O–H groups in total. The lowest BCUT2D eigenvalue weighted by Gasteiger charge is -2.15. The topological polar surface area (TPSA) is 47.1 Å². The lowest BCUT2D eigenvalue weighted by atomic mass is 10.1. The second-order valence-corrected chi connectivity index (χ2v) is 9.03. The summed E-state index contributed by atoms with van der Waals surface area (Å²) in [5.41, 5.74) is 5.48. The van der Waals surface area contributed by atoms with E-state index in [9.17, 15) is 4.39 Å². The number of hydrogen-bond donors (Lipinski definition) is 1. The van der Waals surface area contributed by atoms with Gasteiger partial charge >= 0.3 is 0 Å². The van der Waals surface area contributed by atoms with Crippen molar-refractivity contribution in [3.8, 4) is 45.4 Å². The first-order chi connectivity index (χ1) is 17.6. The lowest BCUT2D eigenvalue weighted by Crippen LogP contribution is -2.01. The lowest BCUT2D eigenvalue weighted by molar-refractivity contribution is 0.267. The number of hydrogen-bond acceptors (Lipinski definition) is 3. The molecular weight excluding hydrogens is 519 g/mol. The Morgan fingerprint density at radius 3 is 2.22 bits per heavy atom. The highest BCUT2D eigenvalue weighted by atomic mass is 79.9. The predicted octanol–water partition coefficient (Wildman–Crippen LogP) is 8.29. The summed E-state index contributed by atoms with van der Waals surface area (Å²) in [6.07, 6.45) is 0. The van der Waals surface area contributed by atoms with Gasteiger partial charge in [0.2, 0.25) is 0 Å². The van der Waals surface area contributed by atoms with Crippen LogP contribution in [0.5, 0.6) is 11.5 Å². The predicted molar refractivity (Wildman–Crippen MR) is 144 cm³/mol. The molecule has 36 heavy (non-hydrogen) atoms. The molecule has 0 amide bonds. The summed E-state index contributed by atoms with van der Waals surface area (Å²) in [4.78, 5) is 8.51. The SMILES string of the molecule is CCOc1cc(-c2nc(-c3ccccc3)c(-c3ccccc3)[nH]2)cc(Br)c1OCc1cccc(F)c1. The van der Waals surface area contributed by atoms with Crippen molar-refractivity contribution in [3.63, 3.8) is 0 Å². The van der Waals surface area contributed by atoms with Crippen molar-refractivity contribution >= 4 is 15.9 Å². The highest BCUT2D eigenvalue weighted by Gasteiger charge is 2.19. The van der Waals surface area contributed by atoms with Gasteiger partial charge in [-0.1, -0.05) is 72.8 Å². The van der Waals surface area contributed by atoms with Crippen molar-refractivity contribution in [2.75, 3.05) is 6.61 Å². The number of halogens is 2. The molecule has 0 saturated heterocycles. The first kappa shape index (κ1) is 23.8. The van der Waals surface area contributed by atoms with Gasteiger partial charge in [0.1, 0.15) is 18.2 Å². The van der Waals surface area contributed by atoms with E-state index in [4.69, 9.17) is 14.5 Å². The Morgan fingerprint density at radius 2 is 1.53 bits per heavy atom. The molecule has 0 radical (unpaired) electrons. The molecule has 5 rings (SSSR count). The number of nitrogens with one attached hydrogen (secondary N) is 1. The molecule has 6 heteroatoms. The van der Waals surface area contributed by atoms with E-state index in [1.807, 2.05) is 61.5 Å². The molecule has 0 aliphatic rings. The van der Waals surface area contributed by atoms with E-state index in [0.29, 0.717) is 23.9 Å². The second kappa shape index (κ2) is 10.8. The summed E-state index contributed by atoms with van der Waals surface area (Å²) in [5, 5.41) is 0. The number of benzene rings is 4. The second-order valence-electron chi connectivity index (χ2n) is 8.18. The maximum atomic E-state index is 13.6. The Balaban J connectivity index is 1.54. The molecule has 0 aliphatic carbocycles. The average Bonchev–Trinajstić information content (AvgIpc) is 3.35. The largest absolute Gasteiger partial charge is 0.490 e. The van der Waals surface area contributed by atoms with Crippen LogP contribution in [0, 0.1) is 5.82 Å². The fraction of sp³-hybridized carbons (Fsp3) is 0.100. The van der Waals surface area contributed by atoms with Crippen molar-refractivity contribution < 1.29 is 13.9 Å². The van der Waals surface area contributed by atoms with Crippen LogP contribution in [0.3, 0.4) is 0 Å². The number of aromatic amines is 1. The number of nitrogens with zero attached hydrogens (tertiary/aromatic N) is 1. The van der Waals surface area contributed by atoms with Gasteiger partial charge in [-0.25, -0.2) is 9.37 Å². The van der Waals surface area contributed by atoms with Crippen LogP contribution in [0.25, 0.3) is 33.9 Å². The molecule has 0 fully saturated rings. The normalized spacial score (nSPS) is 10.9. The first-order valence-corrected chi connectivity index (χ1v) is 12.5. The van der Waals surface area contributed by atoms with Crippen LogP contribution in [0.1, 0.15) is 12.5 Å². The number of imidazole rings is 1. The molecular formula is C30H24BrFN2O2. The Bertz CT molecular complexity index is 1410. The number of aromatic nitrogens is 2. The van der Waals surface area contributed by atoms with Gasteiger partial charge in [-0.15, -0.1) is 0 Å². The maximum absolute atomic E-state index is 13.6. The molecule has 4 aromatic carbocycles. The van der Waals surface area contributed by atoms with E-state index in [1.165, 1.54) is 12.1 Å². The molecule has 0 aliphatic heterocycles. The van der Waals surface area contributed by atoms with E-state index in [0.717, 1.165) is 38.1 Å². The molecule has 0 spiro atoms. The standard InChI is InChI=1S/C30H24BrFN2O2/c1-2-35-26-18-23(17-25(31)29(26)36-19-20-10-9-15-24(32)16-20)30-33-27(21-11-5-3-6-12-21)28(34-30)22-13-7-4-8-14-22/h3-18H,2,19H2,1H3,(H,33,34). The molecule has 5 aromatic rings. The number of ether oxygens (including phenoxy) is 2. The van der Waals surface area contributed by atoms with Crippen LogP contribution in [-0.4, -0.2) is 16.6 Å². The molecule has 1 heterocycles. The minimum Gasteiger partial charge on any atom is -0.490 e. The van der Waals surface area contributed by atoms with Crippen molar-refractivity contribution in [3.05, 3.63) is 113 Å². The van der Waals surface area contributed by atoms with Crippen LogP contribution in [0.15, 0.2) is 102 Å². The zero-order valence-corrected chi connectivity index (χ0v) is 21.3. The van der Waals surface area contributed by atoms with Gasteiger partial charge in [0.25, 0.3) is 0 Å². The summed E-state index contributed by atoms with van der Waals surface area (Å²) in [5.74, 6) is 1.56. The van der Waals surface area contributed by atoms with Crippen molar-refractivity contribution in [2.24, 2.45) is 0 Å². The maximum Gasteiger partial charge on any atom is 0.175 e. The zero-order chi connectivity index (χ0) is 24.9. The monoisotopic (exact) mass is 542 g/mol. The van der Waals surface area contributed by atoms with Crippen LogP contribution in [0.2, 0.25) is 0 Å². The van der Waals surface area contributed by atoms with Gasteiger partial charge < -0.3 is 14.5 Å². The minimum absolute atomic E-state index is 0.215. The summed E-state index contributed by atoms with van der Waals surface area (Å²) < 4.78 is 26.3. The van der Waals surface area contributed by atoms with Crippen LogP contribution in [-0.2, 0) is 6.61 Å². The summed E-state index contributed by atoms with van der Waals surface area (Å²) >= 11 is 3.65. The molecule has 180 valence electrons. The van der Waals surface area contributed by atoms with Gasteiger partial charge in [-0.05, 0) is 52.7 Å². The average molecular weight is 543 g/mol. The van der Waals surface area contributed by atoms with Gasteiger partial charge in [-0.2, -0.15) is 0 Å². The summed E-state index contributed by atoms with van der Waals surface area (Å²) in [7, 11) is 0. The fourth-order valence-corrected chi connectivity index (χ4v) is 4.58. The van der Waals surface area contributed by atoms with Crippen LogP contribution in [0.4, 0.5) is 4.39 Å². The third-order valence-corrected chi connectivity index (χ3v) is 6.26. The Morgan fingerprint density at radius 1 is 0.806 bits per heavy atom. The smallest absolute Gasteiger partial charge is 0.175 e. The van der Waals surface area contributed by atoms with Crippen LogP contribution < -0.4 is 9.47 Å². The van der Waals surface area contributed by atoms with Crippen molar-refractivity contribution in [1.29, 1.82) is 0 Å². The van der Waals surface area contributed by atoms with E-state index >= 15 is 0 Å². The van der Waals surface area contributed by atoms with E-state index < -0.39 is 0 Å². The summed E-state index contributed by atoms with van der Waals surface area (Å²) in [6, 6.07) is 30.5. The van der Waals surface area contributed by atoms with Crippen molar-refractivity contribution in [2.45, 2.75) is 13.5 Å².